The molecule has 4 nitrogen and oxygen atoms in total. The first-order valence-electron chi connectivity index (χ1n) is 5.27. The van der Waals surface area contributed by atoms with E-state index in [2.05, 4.69) is 9.97 Å². The van der Waals surface area contributed by atoms with Gasteiger partial charge < -0.3 is 10.5 Å². The van der Waals surface area contributed by atoms with E-state index >= 15 is 0 Å². The molecule has 0 radical (unpaired) electrons. The second-order valence-electron chi connectivity index (χ2n) is 3.39. The molecule has 0 saturated heterocycles. The Bertz CT molecular complexity index is 538. The van der Waals surface area contributed by atoms with E-state index in [1.165, 1.54) is 0 Å². The molecule has 0 fully saturated rings. The smallest absolute Gasteiger partial charge is 0.224 e. The average Bonchev–Trinajstić information content (AvgIpc) is 2.32. The van der Waals surface area contributed by atoms with Crippen molar-refractivity contribution in [1.29, 1.82) is 0 Å². The topological polar surface area (TPSA) is 61.0 Å². The number of aromatic nitrogens is 2. The predicted octanol–water partition coefficient (Wildman–Crippen LogP) is 2.88. The Kier molecular flexibility index (Phi) is 3.35. The van der Waals surface area contributed by atoms with Gasteiger partial charge in [0.25, 0.3) is 0 Å². The molecule has 86 valence electrons. The van der Waals surface area contributed by atoms with Gasteiger partial charge >= 0.3 is 0 Å². The van der Waals surface area contributed by atoms with Crippen LogP contribution >= 0.6 is 0 Å². The van der Waals surface area contributed by atoms with Crippen LogP contribution in [0.2, 0.25) is 0 Å². The van der Waals surface area contributed by atoms with E-state index < -0.39 is 0 Å². The summed E-state index contributed by atoms with van der Waals surface area (Å²) in [5.74, 6) is 1.38. The molecule has 0 aliphatic heterocycles. The van der Waals surface area contributed by atoms with Crippen molar-refractivity contribution in [2.24, 2.45) is 0 Å². The molecule has 0 unspecified atom stereocenters. The number of rotatable bonds is 3. The van der Waals surface area contributed by atoms with Crippen LogP contribution < -0.4 is 10.5 Å². The Hall–Kier alpha value is -2.36. The monoisotopic (exact) mass is 227 g/mol. The van der Waals surface area contributed by atoms with Gasteiger partial charge in [-0.05, 0) is 13.0 Å². The van der Waals surface area contributed by atoms with Crippen molar-refractivity contribution in [3.8, 4) is 11.6 Å². The van der Waals surface area contributed by atoms with Crippen LogP contribution in [0.4, 0.5) is 5.95 Å². The first-order chi connectivity index (χ1) is 8.29. The molecule has 2 N–H and O–H groups in total. The first kappa shape index (κ1) is 11.1. The molecule has 1 aromatic heterocycles. The number of nitrogens with zero attached hydrogens (tertiary/aromatic N) is 2. The first-order valence-corrected chi connectivity index (χ1v) is 5.27. The van der Waals surface area contributed by atoms with Crippen LogP contribution in [0.1, 0.15) is 12.5 Å². The van der Waals surface area contributed by atoms with E-state index in [0.717, 1.165) is 11.3 Å². The number of nitrogens with two attached hydrogens (primary N) is 1. The van der Waals surface area contributed by atoms with Gasteiger partial charge in [0.2, 0.25) is 11.8 Å². The Balaban J connectivity index is 2.29. The molecule has 0 spiro atoms. The molecule has 0 amide bonds. The van der Waals surface area contributed by atoms with Crippen LogP contribution in [-0.2, 0) is 0 Å². The average molecular weight is 227 g/mol. The third kappa shape index (κ3) is 2.81. The minimum absolute atomic E-state index is 0.200. The van der Waals surface area contributed by atoms with Gasteiger partial charge in [-0.2, -0.15) is 4.98 Å². The zero-order valence-electron chi connectivity index (χ0n) is 9.50. The summed E-state index contributed by atoms with van der Waals surface area (Å²) in [6.45, 7) is 1.96. The second kappa shape index (κ2) is 5.12. The summed E-state index contributed by atoms with van der Waals surface area (Å²) in [6, 6.07) is 9.39. The highest BCUT2D eigenvalue weighted by Gasteiger charge is 2.03. The molecule has 0 atom stereocenters. The van der Waals surface area contributed by atoms with Gasteiger partial charge in [0, 0.05) is 17.8 Å². The van der Waals surface area contributed by atoms with Crippen LogP contribution in [-0.4, -0.2) is 9.97 Å². The van der Waals surface area contributed by atoms with Crippen molar-refractivity contribution in [2.45, 2.75) is 6.92 Å². The number of allylic oxidation sites excluding steroid dienone is 1. The predicted molar refractivity (Wildman–Crippen MR) is 67.7 cm³/mol. The van der Waals surface area contributed by atoms with E-state index in [4.69, 9.17) is 10.5 Å². The SMILES string of the molecule is C/C=C/c1ccccc1Oc1ccnc(N)n1. The lowest BCUT2D eigenvalue weighted by atomic mass is 10.2. The highest BCUT2D eigenvalue weighted by Crippen LogP contribution is 2.24. The molecule has 17 heavy (non-hydrogen) atoms. The van der Waals surface area contributed by atoms with Gasteiger partial charge in [-0.25, -0.2) is 4.98 Å². The maximum Gasteiger partial charge on any atom is 0.224 e. The van der Waals surface area contributed by atoms with E-state index in [1.807, 2.05) is 43.3 Å². The number of anilines is 1. The molecular weight excluding hydrogens is 214 g/mol. The molecule has 4 heteroatoms. The van der Waals surface area contributed by atoms with Crippen LogP contribution in [0.5, 0.6) is 11.6 Å². The molecule has 0 saturated carbocycles. The molecule has 0 bridgehead atoms. The number of nitrogen functional groups attached to an aromatic ring is 1. The maximum atomic E-state index is 5.66. The van der Waals surface area contributed by atoms with Crippen molar-refractivity contribution in [1.82, 2.24) is 9.97 Å². The quantitative estimate of drug-likeness (QED) is 0.875. The van der Waals surface area contributed by atoms with Crippen molar-refractivity contribution in [2.75, 3.05) is 5.73 Å². The summed E-state index contributed by atoms with van der Waals surface area (Å²) in [5.41, 5.74) is 6.49. The number of benzene rings is 1. The molecule has 0 aliphatic carbocycles. The summed E-state index contributed by atoms with van der Waals surface area (Å²) in [5, 5.41) is 0. The molecule has 1 aromatic carbocycles. The number of para-hydroxylation sites is 1. The number of ether oxygens (including phenoxy) is 1. The third-order valence-electron chi connectivity index (χ3n) is 2.13. The van der Waals surface area contributed by atoms with Gasteiger partial charge in [-0.1, -0.05) is 30.4 Å². The summed E-state index contributed by atoms with van der Waals surface area (Å²) in [7, 11) is 0. The largest absolute Gasteiger partial charge is 0.438 e. The van der Waals surface area contributed by atoms with Crippen LogP contribution in [0.25, 0.3) is 6.08 Å². The zero-order valence-corrected chi connectivity index (χ0v) is 9.50. The fraction of sp³-hybridized carbons (Fsp3) is 0.0769. The van der Waals surface area contributed by atoms with Crippen LogP contribution in [0, 0.1) is 0 Å². The zero-order chi connectivity index (χ0) is 12.1. The molecule has 1 heterocycles. The van der Waals surface area contributed by atoms with E-state index in [9.17, 15) is 0 Å². The maximum absolute atomic E-state index is 5.66. The summed E-state index contributed by atoms with van der Waals surface area (Å²) in [6.07, 6.45) is 5.49. The van der Waals surface area contributed by atoms with Gasteiger partial charge in [-0.3, -0.25) is 0 Å². The fourth-order valence-electron chi connectivity index (χ4n) is 1.42. The lowest BCUT2D eigenvalue weighted by Gasteiger charge is -2.07. The van der Waals surface area contributed by atoms with Gasteiger partial charge in [0.1, 0.15) is 5.75 Å². The standard InChI is InChI=1S/C13H13N3O/c1-2-5-10-6-3-4-7-11(10)17-12-8-9-15-13(14)16-12/h2-9H,1H3,(H2,14,15,16)/b5-2+. The molecule has 0 aliphatic rings. The van der Waals surface area contributed by atoms with Crippen LogP contribution in [0.15, 0.2) is 42.6 Å². The summed E-state index contributed by atoms with van der Waals surface area (Å²) >= 11 is 0. The fourth-order valence-corrected chi connectivity index (χ4v) is 1.42. The van der Waals surface area contributed by atoms with Gasteiger partial charge in [0.05, 0.1) is 0 Å². The Morgan fingerprint density at radius 3 is 2.82 bits per heavy atom. The van der Waals surface area contributed by atoms with Crippen molar-refractivity contribution in [3.63, 3.8) is 0 Å². The summed E-state index contributed by atoms with van der Waals surface area (Å²) in [4.78, 5) is 7.80. The van der Waals surface area contributed by atoms with E-state index in [-0.39, 0.29) is 5.95 Å². The van der Waals surface area contributed by atoms with E-state index in [0.29, 0.717) is 5.88 Å². The molecule has 2 rings (SSSR count). The number of hydrogen-bond acceptors (Lipinski definition) is 4. The Labute approximate surface area is 99.8 Å². The van der Waals surface area contributed by atoms with Gasteiger partial charge in [-0.15, -0.1) is 0 Å². The van der Waals surface area contributed by atoms with E-state index in [1.54, 1.807) is 12.3 Å². The molecule has 2 aromatic rings. The van der Waals surface area contributed by atoms with Gasteiger partial charge in [0.15, 0.2) is 0 Å². The Morgan fingerprint density at radius 1 is 1.24 bits per heavy atom. The minimum Gasteiger partial charge on any atom is -0.438 e. The highest BCUT2D eigenvalue weighted by atomic mass is 16.5. The molecular formula is C13H13N3O. The number of hydrogen-bond donors (Lipinski definition) is 1. The van der Waals surface area contributed by atoms with Crippen molar-refractivity contribution < 1.29 is 4.74 Å². The normalized spacial score (nSPS) is 10.6. The lowest BCUT2D eigenvalue weighted by molar-refractivity contribution is 0.461. The van der Waals surface area contributed by atoms with Crippen molar-refractivity contribution >= 4 is 12.0 Å². The summed E-state index contributed by atoms with van der Waals surface area (Å²) < 4.78 is 5.66. The minimum atomic E-state index is 0.200. The Morgan fingerprint density at radius 2 is 2.06 bits per heavy atom. The van der Waals surface area contributed by atoms with Crippen LogP contribution in [0.3, 0.4) is 0 Å². The highest BCUT2D eigenvalue weighted by molar-refractivity contribution is 5.57. The van der Waals surface area contributed by atoms with Crippen molar-refractivity contribution in [3.05, 3.63) is 48.2 Å². The lowest BCUT2D eigenvalue weighted by Crippen LogP contribution is -1.96. The second-order valence-corrected chi connectivity index (χ2v) is 3.39. The third-order valence-corrected chi connectivity index (χ3v) is 2.13.